The summed E-state index contributed by atoms with van der Waals surface area (Å²) in [5.41, 5.74) is -1.09. The third kappa shape index (κ3) is 2.82. The van der Waals surface area contributed by atoms with Gasteiger partial charge in [0.25, 0.3) is 0 Å². The third-order valence-corrected chi connectivity index (χ3v) is 3.40. The average molecular weight is 228 g/mol. The number of aliphatic carboxylic acids is 1. The fraction of sp³-hybridized carbons (Fsp3) is 0.833. The van der Waals surface area contributed by atoms with Crippen molar-refractivity contribution in [2.24, 2.45) is 5.41 Å². The van der Waals surface area contributed by atoms with Crippen LogP contribution in [0.2, 0.25) is 0 Å². The van der Waals surface area contributed by atoms with Crippen LogP contribution in [0.1, 0.15) is 44.9 Å². The molecule has 1 unspecified atom stereocenters. The quantitative estimate of drug-likeness (QED) is 0.558. The van der Waals surface area contributed by atoms with Gasteiger partial charge in [-0.1, -0.05) is 6.42 Å². The summed E-state index contributed by atoms with van der Waals surface area (Å²) in [5.74, 6) is -1.02. The highest BCUT2D eigenvalue weighted by Crippen LogP contribution is 2.38. The van der Waals surface area contributed by atoms with Gasteiger partial charge in [0.15, 0.2) is 0 Å². The number of carbonyl (C=O) groups excluding carboxylic acids is 1. The SMILES string of the molecule is COCCCCC1(C(=O)O)CCCCC1=O. The summed E-state index contributed by atoms with van der Waals surface area (Å²) in [6, 6.07) is 0. The van der Waals surface area contributed by atoms with Crippen LogP contribution >= 0.6 is 0 Å². The van der Waals surface area contributed by atoms with E-state index in [9.17, 15) is 14.7 Å². The van der Waals surface area contributed by atoms with Crippen LogP contribution in [0.5, 0.6) is 0 Å². The van der Waals surface area contributed by atoms with Gasteiger partial charge in [-0.15, -0.1) is 0 Å². The standard InChI is InChI=1S/C12H20O4/c1-16-9-5-4-8-12(11(14)15)7-3-2-6-10(12)13/h2-9H2,1H3,(H,14,15). The van der Waals surface area contributed by atoms with Gasteiger partial charge in [-0.25, -0.2) is 0 Å². The number of carbonyl (C=O) groups is 2. The Labute approximate surface area is 96.0 Å². The number of ether oxygens (including phenoxy) is 1. The monoisotopic (exact) mass is 228 g/mol. The second-order valence-corrected chi connectivity index (χ2v) is 4.47. The molecule has 0 spiro atoms. The normalized spacial score (nSPS) is 25.7. The van der Waals surface area contributed by atoms with Crippen LogP contribution in [0.25, 0.3) is 0 Å². The molecule has 0 heterocycles. The summed E-state index contributed by atoms with van der Waals surface area (Å²) in [6.07, 6.45) is 4.65. The van der Waals surface area contributed by atoms with E-state index in [0.717, 1.165) is 25.7 Å². The van der Waals surface area contributed by atoms with Crippen LogP contribution in [0, 0.1) is 5.41 Å². The minimum Gasteiger partial charge on any atom is -0.480 e. The van der Waals surface area contributed by atoms with Crippen molar-refractivity contribution < 1.29 is 19.4 Å². The Morgan fingerprint density at radius 3 is 2.75 bits per heavy atom. The van der Waals surface area contributed by atoms with E-state index in [4.69, 9.17) is 4.74 Å². The van der Waals surface area contributed by atoms with Gasteiger partial charge < -0.3 is 9.84 Å². The Morgan fingerprint density at radius 1 is 1.44 bits per heavy atom. The van der Waals surface area contributed by atoms with E-state index in [-0.39, 0.29) is 5.78 Å². The van der Waals surface area contributed by atoms with Gasteiger partial charge in [-0.3, -0.25) is 9.59 Å². The maximum atomic E-state index is 11.8. The minimum atomic E-state index is -1.09. The number of rotatable bonds is 6. The van der Waals surface area contributed by atoms with Crippen LogP contribution in [-0.2, 0) is 14.3 Å². The molecule has 0 aromatic rings. The first-order valence-corrected chi connectivity index (χ1v) is 5.89. The largest absolute Gasteiger partial charge is 0.480 e. The molecule has 0 radical (unpaired) electrons. The Morgan fingerprint density at radius 2 is 2.19 bits per heavy atom. The summed E-state index contributed by atoms with van der Waals surface area (Å²) in [5, 5.41) is 9.26. The van der Waals surface area contributed by atoms with Gasteiger partial charge >= 0.3 is 5.97 Å². The smallest absolute Gasteiger partial charge is 0.317 e. The van der Waals surface area contributed by atoms with Crippen LogP contribution in [-0.4, -0.2) is 30.6 Å². The topological polar surface area (TPSA) is 63.6 Å². The van der Waals surface area contributed by atoms with Gasteiger partial charge in [-0.2, -0.15) is 0 Å². The first kappa shape index (κ1) is 13.2. The molecule has 4 nitrogen and oxygen atoms in total. The van der Waals surface area contributed by atoms with Crippen molar-refractivity contribution in [3.63, 3.8) is 0 Å². The summed E-state index contributed by atoms with van der Waals surface area (Å²) >= 11 is 0. The summed E-state index contributed by atoms with van der Waals surface area (Å²) in [6.45, 7) is 0.629. The maximum absolute atomic E-state index is 11.8. The molecule has 0 aliphatic heterocycles. The van der Waals surface area contributed by atoms with Gasteiger partial charge in [-0.05, 0) is 32.1 Å². The highest BCUT2D eigenvalue weighted by molar-refractivity contribution is 6.03. The lowest BCUT2D eigenvalue weighted by Gasteiger charge is -2.31. The number of Topliss-reactive ketones (excluding diaryl/α,β-unsaturated/α-hetero) is 1. The van der Waals surface area contributed by atoms with Gasteiger partial charge in [0.2, 0.25) is 0 Å². The molecule has 0 aromatic heterocycles. The van der Waals surface area contributed by atoms with Crippen molar-refractivity contribution in [1.29, 1.82) is 0 Å². The molecule has 1 atom stereocenters. The Bertz CT molecular complexity index is 262. The molecule has 0 aromatic carbocycles. The maximum Gasteiger partial charge on any atom is 0.317 e. The predicted molar refractivity (Wildman–Crippen MR) is 59.3 cm³/mol. The van der Waals surface area contributed by atoms with Crippen molar-refractivity contribution in [2.75, 3.05) is 13.7 Å². The number of hydrogen-bond donors (Lipinski definition) is 1. The van der Waals surface area contributed by atoms with Gasteiger partial charge in [0.05, 0.1) is 0 Å². The third-order valence-electron chi connectivity index (χ3n) is 3.40. The fourth-order valence-electron chi connectivity index (χ4n) is 2.36. The number of hydrogen-bond acceptors (Lipinski definition) is 3. The first-order chi connectivity index (χ1) is 7.63. The highest BCUT2D eigenvalue weighted by atomic mass is 16.5. The van der Waals surface area contributed by atoms with Gasteiger partial charge in [0.1, 0.15) is 11.2 Å². The molecule has 0 saturated heterocycles. The molecular formula is C12H20O4. The molecule has 1 aliphatic rings. The van der Waals surface area contributed by atoms with E-state index in [1.54, 1.807) is 7.11 Å². The molecule has 0 amide bonds. The summed E-state index contributed by atoms with van der Waals surface area (Å²) in [4.78, 5) is 23.1. The molecule has 1 N–H and O–H groups in total. The van der Waals surface area contributed by atoms with Crippen LogP contribution in [0.3, 0.4) is 0 Å². The molecular weight excluding hydrogens is 208 g/mol. The lowest BCUT2D eigenvalue weighted by atomic mass is 9.70. The number of carboxylic acid groups (broad SMARTS) is 1. The van der Waals surface area contributed by atoms with Crippen LogP contribution < -0.4 is 0 Å². The summed E-state index contributed by atoms with van der Waals surface area (Å²) < 4.78 is 4.92. The zero-order valence-electron chi connectivity index (χ0n) is 9.83. The fourth-order valence-corrected chi connectivity index (χ4v) is 2.36. The molecule has 16 heavy (non-hydrogen) atoms. The number of carboxylic acids is 1. The van der Waals surface area contributed by atoms with E-state index < -0.39 is 11.4 Å². The molecule has 4 heteroatoms. The molecule has 1 fully saturated rings. The minimum absolute atomic E-state index is 0.0799. The zero-order valence-corrected chi connectivity index (χ0v) is 9.83. The molecule has 0 bridgehead atoms. The molecule has 1 aliphatic carbocycles. The molecule has 92 valence electrons. The summed E-state index contributed by atoms with van der Waals surface area (Å²) in [7, 11) is 1.62. The second-order valence-electron chi connectivity index (χ2n) is 4.47. The Hall–Kier alpha value is -0.900. The predicted octanol–water partition coefficient (Wildman–Crippen LogP) is 2.02. The zero-order chi connectivity index (χ0) is 12.0. The number of ketones is 1. The lowest BCUT2D eigenvalue weighted by Crippen LogP contribution is -2.41. The number of methoxy groups -OCH3 is 1. The van der Waals surface area contributed by atoms with Crippen molar-refractivity contribution in [1.82, 2.24) is 0 Å². The first-order valence-electron chi connectivity index (χ1n) is 5.89. The second kappa shape index (κ2) is 5.99. The highest BCUT2D eigenvalue weighted by Gasteiger charge is 2.45. The van der Waals surface area contributed by atoms with Crippen molar-refractivity contribution in [2.45, 2.75) is 44.9 Å². The van der Waals surface area contributed by atoms with Crippen molar-refractivity contribution in [3.8, 4) is 0 Å². The van der Waals surface area contributed by atoms with E-state index >= 15 is 0 Å². The Balaban J connectivity index is 2.57. The van der Waals surface area contributed by atoms with E-state index in [2.05, 4.69) is 0 Å². The van der Waals surface area contributed by atoms with E-state index in [1.165, 1.54) is 0 Å². The van der Waals surface area contributed by atoms with Gasteiger partial charge in [0, 0.05) is 20.1 Å². The van der Waals surface area contributed by atoms with Crippen LogP contribution in [0.4, 0.5) is 0 Å². The van der Waals surface area contributed by atoms with Crippen molar-refractivity contribution in [3.05, 3.63) is 0 Å². The average Bonchev–Trinajstić information content (AvgIpc) is 2.26. The van der Waals surface area contributed by atoms with Crippen molar-refractivity contribution >= 4 is 11.8 Å². The van der Waals surface area contributed by atoms with E-state index in [0.29, 0.717) is 25.9 Å². The Kier molecular flexibility index (Phi) is 4.93. The molecule has 1 rings (SSSR count). The number of unbranched alkanes of at least 4 members (excludes halogenated alkanes) is 1. The van der Waals surface area contributed by atoms with E-state index in [1.807, 2.05) is 0 Å². The van der Waals surface area contributed by atoms with Crippen LogP contribution in [0.15, 0.2) is 0 Å². The molecule has 1 saturated carbocycles. The lowest BCUT2D eigenvalue weighted by molar-refractivity contribution is -0.157.